The first-order chi connectivity index (χ1) is 8.56. The number of nitrogens with one attached hydrogen (secondary N) is 1. The first kappa shape index (κ1) is 12.0. The molecule has 1 aromatic heterocycles. The van der Waals surface area contributed by atoms with Gasteiger partial charge in [-0.1, -0.05) is 5.21 Å². The number of amides is 3. The van der Waals surface area contributed by atoms with E-state index in [1.54, 1.807) is 0 Å². The Kier molecular flexibility index (Phi) is 3.22. The van der Waals surface area contributed by atoms with Crippen LogP contribution in [0.3, 0.4) is 0 Å². The maximum atomic E-state index is 11.7. The van der Waals surface area contributed by atoms with Gasteiger partial charge in [0.1, 0.15) is 6.54 Å². The summed E-state index contributed by atoms with van der Waals surface area (Å²) >= 11 is 0. The average molecular weight is 253 g/mol. The number of urea groups is 1. The standard InChI is InChI=1S/C9H11N5O4/c15-7(14-2-1-10-9(14)18)5-13-4-6(11-12-13)3-8(16)17/h4H,1-3,5H2,(H,10,18)(H,16,17). The van der Waals surface area contributed by atoms with Crippen molar-refractivity contribution in [1.29, 1.82) is 0 Å². The van der Waals surface area contributed by atoms with E-state index in [4.69, 9.17) is 5.11 Å². The molecule has 1 saturated heterocycles. The molecule has 1 aliphatic rings. The van der Waals surface area contributed by atoms with Crippen molar-refractivity contribution in [2.24, 2.45) is 0 Å². The van der Waals surface area contributed by atoms with Crippen molar-refractivity contribution >= 4 is 17.9 Å². The Morgan fingerprint density at radius 1 is 1.50 bits per heavy atom. The maximum absolute atomic E-state index is 11.7. The number of carbonyl (C=O) groups is 3. The molecule has 2 N–H and O–H groups in total. The van der Waals surface area contributed by atoms with Gasteiger partial charge in [-0.2, -0.15) is 0 Å². The molecule has 1 fully saturated rings. The molecule has 2 rings (SSSR count). The van der Waals surface area contributed by atoms with Crippen LogP contribution in [0.15, 0.2) is 6.20 Å². The molecule has 0 saturated carbocycles. The zero-order valence-corrected chi connectivity index (χ0v) is 9.37. The second-order valence-corrected chi connectivity index (χ2v) is 3.76. The topological polar surface area (TPSA) is 117 Å². The number of carbonyl (C=O) groups excluding carboxylic acids is 2. The summed E-state index contributed by atoms with van der Waals surface area (Å²) in [7, 11) is 0. The molecule has 0 radical (unpaired) electrons. The Morgan fingerprint density at radius 2 is 2.28 bits per heavy atom. The van der Waals surface area contributed by atoms with Gasteiger partial charge >= 0.3 is 12.0 Å². The van der Waals surface area contributed by atoms with E-state index >= 15 is 0 Å². The molecule has 0 bridgehead atoms. The lowest BCUT2D eigenvalue weighted by molar-refractivity contribution is -0.136. The molecule has 9 nitrogen and oxygen atoms in total. The Balaban J connectivity index is 1.96. The smallest absolute Gasteiger partial charge is 0.324 e. The van der Waals surface area contributed by atoms with Crippen molar-refractivity contribution in [3.8, 4) is 0 Å². The van der Waals surface area contributed by atoms with Crippen molar-refractivity contribution in [2.75, 3.05) is 13.1 Å². The van der Waals surface area contributed by atoms with Crippen molar-refractivity contribution in [1.82, 2.24) is 25.2 Å². The van der Waals surface area contributed by atoms with E-state index < -0.39 is 17.9 Å². The van der Waals surface area contributed by atoms with E-state index in [-0.39, 0.29) is 18.7 Å². The fourth-order valence-electron chi connectivity index (χ4n) is 1.59. The molecule has 0 unspecified atom stereocenters. The zero-order valence-electron chi connectivity index (χ0n) is 9.37. The van der Waals surface area contributed by atoms with Gasteiger partial charge in [-0.3, -0.25) is 14.5 Å². The quantitative estimate of drug-likeness (QED) is 0.671. The summed E-state index contributed by atoms with van der Waals surface area (Å²) in [4.78, 5) is 34.5. The lowest BCUT2D eigenvalue weighted by Crippen LogP contribution is -2.36. The molecule has 0 aromatic carbocycles. The summed E-state index contributed by atoms with van der Waals surface area (Å²) in [5.74, 6) is -1.43. The minimum atomic E-state index is -1.02. The van der Waals surface area contributed by atoms with Crippen LogP contribution in [0.5, 0.6) is 0 Å². The van der Waals surface area contributed by atoms with Gasteiger partial charge in [0, 0.05) is 19.3 Å². The number of hydrogen-bond acceptors (Lipinski definition) is 5. The molecule has 1 aromatic rings. The first-order valence-corrected chi connectivity index (χ1v) is 5.25. The number of carboxylic acid groups (broad SMARTS) is 1. The number of hydrogen-bond donors (Lipinski definition) is 2. The molecule has 96 valence electrons. The van der Waals surface area contributed by atoms with E-state index in [1.807, 2.05) is 0 Å². The van der Waals surface area contributed by atoms with Crippen molar-refractivity contribution in [2.45, 2.75) is 13.0 Å². The minimum absolute atomic E-state index is 0.139. The summed E-state index contributed by atoms with van der Waals surface area (Å²) in [6, 6.07) is -0.425. The van der Waals surface area contributed by atoms with Gasteiger partial charge in [0.2, 0.25) is 0 Å². The van der Waals surface area contributed by atoms with Crippen molar-refractivity contribution < 1.29 is 19.5 Å². The highest BCUT2D eigenvalue weighted by Gasteiger charge is 2.26. The molecule has 0 aliphatic carbocycles. The second-order valence-electron chi connectivity index (χ2n) is 3.76. The largest absolute Gasteiger partial charge is 0.481 e. The Bertz CT molecular complexity index is 497. The molecular weight excluding hydrogens is 242 g/mol. The average Bonchev–Trinajstić information content (AvgIpc) is 2.87. The third-order valence-corrected chi connectivity index (χ3v) is 2.37. The van der Waals surface area contributed by atoms with E-state index in [9.17, 15) is 14.4 Å². The van der Waals surface area contributed by atoms with E-state index in [0.29, 0.717) is 13.1 Å². The summed E-state index contributed by atoms with van der Waals surface area (Å²) in [5.41, 5.74) is 0.265. The fourth-order valence-corrected chi connectivity index (χ4v) is 1.59. The van der Waals surface area contributed by atoms with Crippen LogP contribution < -0.4 is 5.32 Å². The molecule has 0 spiro atoms. The SMILES string of the molecule is O=C(O)Cc1cn(CC(=O)N2CCNC2=O)nn1. The van der Waals surface area contributed by atoms with Gasteiger partial charge < -0.3 is 10.4 Å². The third-order valence-electron chi connectivity index (χ3n) is 2.37. The van der Waals surface area contributed by atoms with Crippen LogP contribution in [0.1, 0.15) is 5.69 Å². The van der Waals surface area contributed by atoms with Crippen LogP contribution in [-0.4, -0.2) is 56.0 Å². The summed E-state index contributed by atoms with van der Waals surface area (Å²) in [5, 5.41) is 18.3. The Labute approximate surface area is 101 Å². The predicted molar refractivity (Wildman–Crippen MR) is 56.5 cm³/mol. The Morgan fingerprint density at radius 3 is 2.89 bits per heavy atom. The number of imide groups is 1. The second kappa shape index (κ2) is 4.82. The highest BCUT2D eigenvalue weighted by Crippen LogP contribution is 2.01. The van der Waals surface area contributed by atoms with Gasteiger partial charge in [0.05, 0.1) is 12.1 Å². The molecule has 9 heteroatoms. The third kappa shape index (κ3) is 2.62. The van der Waals surface area contributed by atoms with Crippen LogP contribution in [0.2, 0.25) is 0 Å². The van der Waals surface area contributed by atoms with E-state index in [1.165, 1.54) is 10.9 Å². The van der Waals surface area contributed by atoms with Gasteiger partial charge in [-0.05, 0) is 0 Å². The van der Waals surface area contributed by atoms with E-state index in [0.717, 1.165) is 4.90 Å². The van der Waals surface area contributed by atoms with Gasteiger partial charge in [-0.25, -0.2) is 9.48 Å². The lowest BCUT2D eigenvalue weighted by Gasteiger charge is -2.11. The van der Waals surface area contributed by atoms with Gasteiger partial charge in [-0.15, -0.1) is 5.10 Å². The van der Waals surface area contributed by atoms with Crippen molar-refractivity contribution in [3.05, 3.63) is 11.9 Å². The van der Waals surface area contributed by atoms with Crippen LogP contribution in [0.25, 0.3) is 0 Å². The fraction of sp³-hybridized carbons (Fsp3) is 0.444. The summed E-state index contributed by atoms with van der Waals surface area (Å²) < 4.78 is 1.21. The minimum Gasteiger partial charge on any atom is -0.481 e. The highest BCUT2D eigenvalue weighted by molar-refractivity contribution is 5.95. The van der Waals surface area contributed by atoms with Crippen LogP contribution in [0, 0.1) is 0 Å². The molecule has 0 atom stereocenters. The number of nitrogens with zero attached hydrogens (tertiary/aromatic N) is 4. The molecule has 3 amide bonds. The number of carboxylic acids is 1. The predicted octanol–water partition coefficient (Wildman–Crippen LogP) is -1.54. The lowest BCUT2D eigenvalue weighted by atomic mass is 10.3. The molecule has 18 heavy (non-hydrogen) atoms. The Hall–Kier alpha value is -2.45. The normalized spacial score (nSPS) is 14.7. The van der Waals surface area contributed by atoms with Crippen LogP contribution >= 0.6 is 0 Å². The summed E-state index contributed by atoms with van der Waals surface area (Å²) in [6.45, 7) is 0.626. The number of aromatic nitrogens is 3. The first-order valence-electron chi connectivity index (χ1n) is 5.25. The summed E-state index contributed by atoms with van der Waals surface area (Å²) in [6.07, 6.45) is 1.12. The number of rotatable bonds is 4. The highest BCUT2D eigenvalue weighted by atomic mass is 16.4. The maximum Gasteiger partial charge on any atom is 0.324 e. The molecular formula is C9H11N5O4. The van der Waals surface area contributed by atoms with Crippen molar-refractivity contribution in [3.63, 3.8) is 0 Å². The van der Waals surface area contributed by atoms with Gasteiger partial charge in [0.15, 0.2) is 0 Å². The van der Waals surface area contributed by atoms with E-state index in [2.05, 4.69) is 15.6 Å². The molecule has 2 heterocycles. The monoisotopic (exact) mass is 253 g/mol. The zero-order chi connectivity index (χ0) is 13.1. The molecule has 1 aliphatic heterocycles. The van der Waals surface area contributed by atoms with Crippen LogP contribution in [-0.2, 0) is 22.6 Å². The number of aliphatic carboxylic acids is 1. The van der Waals surface area contributed by atoms with Gasteiger partial charge in [0.25, 0.3) is 5.91 Å². The van der Waals surface area contributed by atoms with Crippen LogP contribution in [0.4, 0.5) is 4.79 Å².